The minimum Gasteiger partial charge on any atom is -0.384 e. The van der Waals surface area contributed by atoms with Crippen LogP contribution >= 0.6 is 15.9 Å². The Morgan fingerprint density at radius 2 is 2.24 bits per heavy atom. The van der Waals surface area contributed by atoms with Gasteiger partial charge in [0.1, 0.15) is 5.84 Å². The molecule has 0 saturated heterocycles. The van der Waals surface area contributed by atoms with Crippen molar-refractivity contribution in [1.29, 1.82) is 5.41 Å². The Labute approximate surface area is 133 Å². The van der Waals surface area contributed by atoms with Crippen LogP contribution in [0.25, 0.3) is 0 Å². The lowest BCUT2D eigenvalue weighted by Crippen LogP contribution is -2.38. The molecule has 0 radical (unpaired) electrons. The molecule has 0 amide bonds. The molecular formula is C15H21BrFN3O. The molecule has 21 heavy (non-hydrogen) atoms. The third-order valence-corrected chi connectivity index (χ3v) is 4.77. The fraction of sp³-hybridized carbons (Fsp3) is 0.533. The molecule has 0 aliphatic heterocycles. The summed E-state index contributed by atoms with van der Waals surface area (Å²) in [5.41, 5.74) is 6.37. The number of anilines is 1. The lowest BCUT2D eigenvalue weighted by molar-refractivity contribution is 0.202. The fourth-order valence-electron chi connectivity index (χ4n) is 2.54. The highest BCUT2D eigenvalue weighted by atomic mass is 79.9. The predicted molar refractivity (Wildman–Crippen MR) is 86.5 cm³/mol. The molecule has 0 heterocycles. The summed E-state index contributed by atoms with van der Waals surface area (Å²) in [6.07, 6.45) is 2.39. The van der Waals surface area contributed by atoms with Gasteiger partial charge in [-0.3, -0.25) is 5.41 Å². The quantitative estimate of drug-likeness (QED) is 0.582. The van der Waals surface area contributed by atoms with Crippen LogP contribution in [-0.2, 0) is 4.74 Å². The lowest BCUT2D eigenvalue weighted by Gasteiger charge is -2.32. The number of amidine groups is 1. The first-order chi connectivity index (χ1) is 9.97. The van der Waals surface area contributed by atoms with Crippen LogP contribution in [-0.4, -0.2) is 32.1 Å². The molecule has 0 spiro atoms. The number of nitrogens with two attached hydrogens (primary N) is 1. The molecule has 6 heteroatoms. The largest absolute Gasteiger partial charge is 0.384 e. The van der Waals surface area contributed by atoms with E-state index in [-0.39, 0.29) is 22.2 Å². The van der Waals surface area contributed by atoms with Crippen molar-refractivity contribution in [2.45, 2.75) is 25.8 Å². The van der Waals surface area contributed by atoms with Gasteiger partial charge in [0.15, 0.2) is 5.82 Å². The topological polar surface area (TPSA) is 62.3 Å². The third-order valence-electron chi connectivity index (χ3n) is 3.99. The maximum atomic E-state index is 14.7. The number of benzene rings is 1. The molecule has 1 unspecified atom stereocenters. The van der Waals surface area contributed by atoms with Crippen LogP contribution in [0.3, 0.4) is 0 Å². The molecule has 4 nitrogen and oxygen atoms in total. The smallest absolute Gasteiger partial charge is 0.161 e. The molecule has 1 atom stereocenters. The monoisotopic (exact) mass is 357 g/mol. The van der Waals surface area contributed by atoms with Gasteiger partial charge in [0.05, 0.1) is 16.8 Å². The van der Waals surface area contributed by atoms with Gasteiger partial charge < -0.3 is 15.4 Å². The average Bonchev–Trinajstić information content (AvgIpc) is 3.27. The van der Waals surface area contributed by atoms with Crippen molar-refractivity contribution < 1.29 is 9.13 Å². The standard InChI is InChI=1S/C15H21BrFN3O/c1-9(10-3-4-10)20(7-8-21-2)12-6-5-11(15(18)19)13(16)14(12)17/h5-6,9-10H,3-4,7-8H2,1-2H3,(H3,18,19). The summed E-state index contributed by atoms with van der Waals surface area (Å²) in [5.74, 6) is 0.102. The van der Waals surface area contributed by atoms with E-state index in [4.69, 9.17) is 15.9 Å². The maximum Gasteiger partial charge on any atom is 0.161 e. The number of hydrogen-bond donors (Lipinski definition) is 2. The number of rotatable bonds is 7. The van der Waals surface area contributed by atoms with E-state index in [1.54, 1.807) is 19.2 Å². The third kappa shape index (κ3) is 3.55. The van der Waals surface area contributed by atoms with E-state index in [9.17, 15) is 4.39 Å². The molecule has 1 saturated carbocycles. The Bertz CT molecular complexity index is 534. The second-order valence-corrected chi connectivity index (χ2v) is 6.23. The summed E-state index contributed by atoms with van der Waals surface area (Å²) in [4.78, 5) is 2.05. The molecule has 1 fully saturated rings. The highest BCUT2D eigenvalue weighted by Crippen LogP contribution is 2.38. The van der Waals surface area contributed by atoms with Gasteiger partial charge in [-0.2, -0.15) is 0 Å². The minimum absolute atomic E-state index is 0.147. The molecular weight excluding hydrogens is 337 g/mol. The van der Waals surface area contributed by atoms with Crippen molar-refractivity contribution in [2.24, 2.45) is 11.7 Å². The number of methoxy groups -OCH3 is 1. The van der Waals surface area contributed by atoms with Crippen molar-refractivity contribution in [3.63, 3.8) is 0 Å². The minimum atomic E-state index is -0.369. The van der Waals surface area contributed by atoms with E-state index < -0.39 is 0 Å². The van der Waals surface area contributed by atoms with Crippen molar-refractivity contribution in [3.8, 4) is 0 Å². The van der Waals surface area contributed by atoms with Gasteiger partial charge in [-0.05, 0) is 53.7 Å². The van der Waals surface area contributed by atoms with Crippen LogP contribution in [0.15, 0.2) is 16.6 Å². The Morgan fingerprint density at radius 1 is 1.57 bits per heavy atom. The highest BCUT2D eigenvalue weighted by molar-refractivity contribution is 9.10. The van der Waals surface area contributed by atoms with Gasteiger partial charge in [-0.25, -0.2) is 4.39 Å². The molecule has 1 aliphatic carbocycles. The van der Waals surface area contributed by atoms with Crippen LogP contribution in [0.1, 0.15) is 25.3 Å². The van der Waals surface area contributed by atoms with Gasteiger partial charge >= 0.3 is 0 Å². The number of hydrogen-bond acceptors (Lipinski definition) is 3. The summed E-state index contributed by atoms with van der Waals surface area (Å²) in [5, 5.41) is 7.47. The zero-order chi connectivity index (χ0) is 15.6. The molecule has 0 aromatic heterocycles. The zero-order valence-electron chi connectivity index (χ0n) is 12.3. The van der Waals surface area contributed by atoms with E-state index in [1.807, 2.05) is 4.90 Å². The molecule has 116 valence electrons. The number of nitrogens with zero attached hydrogens (tertiary/aromatic N) is 1. The maximum absolute atomic E-state index is 14.7. The molecule has 3 N–H and O–H groups in total. The average molecular weight is 358 g/mol. The summed E-state index contributed by atoms with van der Waals surface area (Å²) >= 11 is 3.22. The van der Waals surface area contributed by atoms with E-state index in [2.05, 4.69) is 22.9 Å². The first-order valence-corrected chi connectivity index (χ1v) is 7.84. The van der Waals surface area contributed by atoms with Crippen LogP contribution < -0.4 is 10.6 Å². The van der Waals surface area contributed by atoms with Crippen LogP contribution in [0.4, 0.5) is 10.1 Å². The zero-order valence-corrected chi connectivity index (χ0v) is 13.9. The lowest BCUT2D eigenvalue weighted by atomic mass is 10.1. The van der Waals surface area contributed by atoms with Crippen LogP contribution in [0, 0.1) is 17.1 Å². The van der Waals surface area contributed by atoms with Crippen molar-refractivity contribution in [2.75, 3.05) is 25.2 Å². The molecule has 2 rings (SSSR count). The van der Waals surface area contributed by atoms with Crippen molar-refractivity contribution in [1.82, 2.24) is 0 Å². The van der Waals surface area contributed by atoms with Gasteiger partial charge in [0, 0.05) is 25.3 Å². The summed E-state index contributed by atoms with van der Waals surface area (Å²) in [6.45, 7) is 3.30. The number of ether oxygens (including phenoxy) is 1. The van der Waals surface area contributed by atoms with Gasteiger partial charge in [-0.1, -0.05) is 0 Å². The molecule has 1 aromatic rings. The van der Waals surface area contributed by atoms with E-state index in [1.165, 1.54) is 12.8 Å². The Kier molecular flexibility index (Phi) is 5.22. The first-order valence-electron chi connectivity index (χ1n) is 7.05. The van der Waals surface area contributed by atoms with E-state index in [0.717, 1.165) is 0 Å². The Morgan fingerprint density at radius 3 is 2.76 bits per heavy atom. The second kappa shape index (κ2) is 6.75. The SMILES string of the molecule is COCCN(c1ccc(C(=N)N)c(Br)c1F)C(C)C1CC1. The Hall–Kier alpha value is -1.14. The number of nitrogen functional groups attached to an aromatic ring is 1. The van der Waals surface area contributed by atoms with E-state index in [0.29, 0.717) is 30.3 Å². The summed E-state index contributed by atoms with van der Waals surface area (Å²) in [7, 11) is 1.64. The molecule has 1 aliphatic rings. The number of nitrogens with one attached hydrogen (secondary N) is 1. The summed E-state index contributed by atoms with van der Waals surface area (Å²) in [6, 6.07) is 3.65. The van der Waals surface area contributed by atoms with Gasteiger partial charge in [0.2, 0.25) is 0 Å². The first kappa shape index (κ1) is 16.2. The molecule has 0 bridgehead atoms. The van der Waals surface area contributed by atoms with Crippen LogP contribution in [0.5, 0.6) is 0 Å². The predicted octanol–water partition coefficient (Wildman–Crippen LogP) is 3.12. The highest BCUT2D eigenvalue weighted by Gasteiger charge is 2.33. The molecule has 1 aromatic carbocycles. The fourth-order valence-corrected chi connectivity index (χ4v) is 3.08. The van der Waals surface area contributed by atoms with Gasteiger partial charge in [-0.15, -0.1) is 0 Å². The van der Waals surface area contributed by atoms with Crippen molar-refractivity contribution in [3.05, 3.63) is 28.0 Å². The van der Waals surface area contributed by atoms with E-state index >= 15 is 0 Å². The van der Waals surface area contributed by atoms with Crippen LogP contribution in [0.2, 0.25) is 0 Å². The Balaban J connectivity index is 2.34. The second-order valence-electron chi connectivity index (χ2n) is 5.44. The van der Waals surface area contributed by atoms with Crippen molar-refractivity contribution >= 4 is 27.5 Å². The number of halogens is 2. The summed E-state index contributed by atoms with van der Waals surface area (Å²) < 4.78 is 20.1. The van der Waals surface area contributed by atoms with Gasteiger partial charge in [0.25, 0.3) is 0 Å². The normalized spacial score (nSPS) is 15.8.